The molecule has 0 bridgehead atoms. The maximum Gasteiger partial charge on any atom is 0.262 e. The fourth-order valence-electron chi connectivity index (χ4n) is 2.49. The van der Waals surface area contributed by atoms with E-state index in [1.54, 1.807) is 25.5 Å². The second-order valence-electron chi connectivity index (χ2n) is 5.44. The maximum atomic E-state index is 11.5. The molecule has 0 fully saturated rings. The predicted molar refractivity (Wildman–Crippen MR) is 91.4 cm³/mol. The van der Waals surface area contributed by atoms with Crippen molar-refractivity contribution in [3.8, 4) is 34.1 Å². The second-order valence-corrected chi connectivity index (χ2v) is 5.44. The van der Waals surface area contributed by atoms with Crippen LogP contribution in [0.25, 0.3) is 34.1 Å². The quantitative estimate of drug-likeness (QED) is 0.573. The van der Waals surface area contributed by atoms with Gasteiger partial charge in [-0.05, 0) is 6.07 Å². The topological polar surface area (TPSA) is 86.7 Å². The van der Waals surface area contributed by atoms with Gasteiger partial charge >= 0.3 is 0 Å². The molecule has 0 unspecified atom stereocenters. The third-order valence-corrected chi connectivity index (χ3v) is 3.76. The molecular weight excluding hydrogens is 318 g/mol. The van der Waals surface area contributed by atoms with E-state index >= 15 is 0 Å². The Kier molecular flexibility index (Phi) is 3.66. The van der Waals surface area contributed by atoms with Crippen molar-refractivity contribution in [2.75, 3.05) is 0 Å². The van der Waals surface area contributed by atoms with Crippen LogP contribution < -0.4 is 5.56 Å². The standard InChI is InChI=1S/C18H13N5O2/c1-23-10-13(7-8-15(23)24)17-21-18(25-22-17)14-9-19-11-20-16(14)12-5-3-2-4-6-12/h2-11H,1H3. The lowest BCUT2D eigenvalue weighted by Crippen LogP contribution is -2.14. The van der Waals surface area contributed by atoms with E-state index in [-0.39, 0.29) is 5.56 Å². The van der Waals surface area contributed by atoms with Crippen molar-refractivity contribution >= 4 is 0 Å². The molecule has 0 amide bonds. The van der Waals surface area contributed by atoms with Crippen LogP contribution in [0, 0.1) is 0 Å². The number of hydrogen-bond donors (Lipinski definition) is 0. The van der Waals surface area contributed by atoms with E-state index in [1.165, 1.54) is 17.0 Å². The summed E-state index contributed by atoms with van der Waals surface area (Å²) >= 11 is 0. The summed E-state index contributed by atoms with van der Waals surface area (Å²) in [6, 6.07) is 12.8. The predicted octanol–water partition coefficient (Wildman–Crippen LogP) is 2.56. The Hall–Kier alpha value is -3.61. The van der Waals surface area contributed by atoms with Crippen LogP contribution in [0.1, 0.15) is 0 Å². The van der Waals surface area contributed by atoms with E-state index in [0.717, 1.165) is 5.56 Å². The van der Waals surface area contributed by atoms with Crippen molar-refractivity contribution in [2.45, 2.75) is 0 Å². The van der Waals surface area contributed by atoms with E-state index in [2.05, 4.69) is 20.1 Å². The molecule has 4 rings (SSSR count). The van der Waals surface area contributed by atoms with Crippen molar-refractivity contribution < 1.29 is 4.52 Å². The minimum absolute atomic E-state index is 0.102. The molecule has 3 aromatic heterocycles. The molecule has 0 atom stereocenters. The van der Waals surface area contributed by atoms with Gasteiger partial charge in [-0.15, -0.1) is 0 Å². The molecule has 0 N–H and O–H groups in total. The fraction of sp³-hybridized carbons (Fsp3) is 0.0556. The smallest absolute Gasteiger partial charge is 0.262 e. The van der Waals surface area contributed by atoms with Crippen molar-refractivity contribution in [3.05, 3.63) is 71.5 Å². The van der Waals surface area contributed by atoms with Gasteiger partial charge in [-0.2, -0.15) is 4.98 Å². The average molecular weight is 331 g/mol. The highest BCUT2D eigenvalue weighted by molar-refractivity contribution is 5.76. The zero-order valence-corrected chi connectivity index (χ0v) is 13.3. The Bertz CT molecular complexity index is 1090. The Balaban J connectivity index is 1.79. The first-order chi connectivity index (χ1) is 12.2. The first-order valence-corrected chi connectivity index (χ1v) is 7.59. The number of benzene rings is 1. The minimum atomic E-state index is -0.102. The molecule has 0 aliphatic rings. The highest BCUT2D eigenvalue weighted by Gasteiger charge is 2.16. The summed E-state index contributed by atoms with van der Waals surface area (Å²) in [4.78, 5) is 24.4. The monoisotopic (exact) mass is 331 g/mol. The highest BCUT2D eigenvalue weighted by Crippen LogP contribution is 2.29. The van der Waals surface area contributed by atoms with Crippen molar-refractivity contribution in [1.82, 2.24) is 24.7 Å². The van der Waals surface area contributed by atoms with Crippen LogP contribution in [-0.2, 0) is 7.05 Å². The summed E-state index contributed by atoms with van der Waals surface area (Å²) in [5, 5.41) is 4.01. The van der Waals surface area contributed by atoms with Crippen LogP contribution in [0.3, 0.4) is 0 Å². The lowest BCUT2D eigenvalue weighted by Gasteiger charge is -2.03. The SMILES string of the molecule is Cn1cc(-c2noc(-c3cncnc3-c3ccccc3)n2)ccc1=O. The van der Waals surface area contributed by atoms with Gasteiger partial charge in [-0.25, -0.2) is 9.97 Å². The van der Waals surface area contributed by atoms with Gasteiger partial charge < -0.3 is 9.09 Å². The number of rotatable bonds is 3. The van der Waals surface area contributed by atoms with Crippen LogP contribution >= 0.6 is 0 Å². The molecule has 0 saturated heterocycles. The molecule has 0 aliphatic carbocycles. The summed E-state index contributed by atoms with van der Waals surface area (Å²) in [6.07, 6.45) is 4.79. The maximum absolute atomic E-state index is 11.5. The van der Waals surface area contributed by atoms with E-state index in [0.29, 0.717) is 28.5 Å². The van der Waals surface area contributed by atoms with E-state index in [9.17, 15) is 4.79 Å². The van der Waals surface area contributed by atoms with Gasteiger partial charge in [-0.1, -0.05) is 35.5 Å². The molecule has 1 aromatic carbocycles. The largest absolute Gasteiger partial charge is 0.333 e. The van der Waals surface area contributed by atoms with Crippen molar-refractivity contribution in [2.24, 2.45) is 7.05 Å². The lowest BCUT2D eigenvalue weighted by atomic mass is 10.1. The Morgan fingerprint density at radius 1 is 1.04 bits per heavy atom. The molecular formula is C18H13N5O2. The van der Waals surface area contributed by atoms with Gasteiger partial charge in [0.2, 0.25) is 11.4 Å². The number of aryl methyl sites for hydroxylation is 1. The molecule has 0 radical (unpaired) electrons. The summed E-state index contributed by atoms with van der Waals surface area (Å²) < 4.78 is 6.87. The summed E-state index contributed by atoms with van der Waals surface area (Å²) in [5.74, 6) is 0.719. The Morgan fingerprint density at radius 3 is 2.68 bits per heavy atom. The van der Waals surface area contributed by atoms with Crippen LogP contribution in [0.2, 0.25) is 0 Å². The van der Waals surface area contributed by atoms with Crippen LogP contribution in [0.4, 0.5) is 0 Å². The Morgan fingerprint density at radius 2 is 1.88 bits per heavy atom. The molecule has 4 aromatic rings. The van der Waals surface area contributed by atoms with E-state index < -0.39 is 0 Å². The molecule has 0 saturated carbocycles. The van der Waals surface area contributed by atoms with Crippen LogP contribution in [0.5, 0.6) is 0 Å². The molecule has 122 valence electrons. The minimum Gasteiger partial charge on any atom is -0.333 e. The van der Waals surface area contributed by atoms with Gasteiger partial charge in [0.1, 0.15) is 6.33 Å². The number of nitrogens with zero attached hydrogens (tertiary/aromatic N) is 5. The van der Waals surface area contributed by atoms with Gasteiger partial charge in [0.15, 0.2) is 0 Å². The van der Waals surface area contributed by atoms with Crippen molar-refractivity contribution in [3.63, 3.8) is 0 Å². The molecule has 0 aliphatic heterocycles. The van der Waals surface area contributed by atoms with Crippen LogP contribution in [0.15, 0.2) is 70.5 Å². The van der Waals surface area contributed by atoms with E-state index in [4.69, 9.17) is 4.52 Å². The first-order valence-electron chi connectivity index (χ1n) is 7.59. The van der Waals surface area contributed by atoms with Gasteiger partial charge in [0.05, 0.1) is 11.3 Å². The molecule has 25 heavy (non-hydrogen) atoms. The van der Waals surface area contributed by atoms with Gasteiger partial charge in [0.25, 0.3) is 5.89 Å². The molecule has 7 nitrogen and oxygen atoms in total. The number of hydrogen-bond acceptors (Lipinski definition) is 6. The third kappa shape index (κ3) is 2.83. The third-order valence-electron chi connectivity index (χ3n) is 3.76. The van der Waals surface area contributed by atoms with Crippen LogP contribution in [-0.4, -0.2) is 24.7 Å². The van der Waals surface area contributed by atoms with E-state index in [1.807, 2.05) is 30.3 Å². The van der Waals surface area contributed by atoms with Crippen molar-refractivity contribution in [1.29, 1.82) is 0 Å². The second kappa shape index (κ2) is 6.12. The summed E-state index contributed by atoms with van der Waals surface area (Å²) in [6.45, 7) is 0. The molecule has 7 heteroatoms. The average Bonchev–Trinajstić information content (AvgIpc) is 3.15. The molecule has 3 heterocycles. The number of pyridine rings is 1. The zero-order valence-electron chi connectivity index (χ0n) is 13.3. The number of aromatic nitrogens is 5. The lowest BCUT2D eigenvalue weighted by molar-refractivity contribution is 0.432. The normalized spacial score (nSPS) is 10.8. The fourth-order valence-corrected chi connectivity index (χ4v) is 2.49. The first kappa shape index (κ1) is 14.9. The summed E-state index contributed by atoms with van der Waals surface area (Å²) in [5.41, 5.74) is 2.88. The van der Waals surface area contributed by atoms with Gasteiger partial charge in [0, 0.05) is 36.6 Å². The highest BCUT2D eigenvalue weighted by atomic mass is 16.5. The summed E-state index contributed by atoms with van der Waals surface area (Å²) in [7, 11) is 1.67. The Labute approximate surface area is 142 Å². The molecule has 0 spiro atoms. The van der Waals surface area contributed by atoms with Gasteiger partial charge in [-0.3, -0.25) is 4.79 Å². The zero-order chi connectivity index (χ0) is 17.2.